The Morgan fingerprint density at radius 3 is 2.80 bits per heavy atom. The van der Waals surface area contributed by atoms with Crippen LogP contribution in [-0.4, -0.2) is 48.0 Å². The van der Waals surface area contributed by atoms with Gasteiger partial charge in [0.05, 0.1) is 12.4 Å². The summed E-state index contributed by atoms with van der Waals surface area (Å²) in [6, 6.07) is 0. The third-order valence-electron chi connectivity index (χ3n) is 3.43. The maximum Gasteiger partial charge on any atom is 0.226 e. The summed E-state index contributed by atoms with van der Waals surface area (Å²) in [4.78, 5) is 12.0. The number of aliphatic hydroxyl groups excluding tert-OH is 2. The third kappa shape index (κ3) is 1.92. The number of nitrogens with zero attached hydrogens (tertiary/aromatic N) is 4. The fourth-order valence-electron chi connectivity index (χ4n) is 2.39. The van der Waals surface area contributed by atoms with Crippen LogP contribution in [-0.2, 0) is 4.74 Å². The number of nitrogen functional groups attached to an aromatic ring is 1. The van der Waals surface area contributed by atoms with Crippen molar-refractivity contribution in [1.82, 2.24) is 19.5 Å². The molecule has 0 saturated carbocycles. The lowest BCUT2D eigenvalue weighted by Crippen LogP contribution is -2.31. The molecule has 0 aliphatic carbocycles. The van der Waals surface area contributed by atoms with Crippen LogP contribution >= 0.6 is 11.6 Å². The lowest BCUT2D eigenvalue weighted by Gasteiger charge is -2.16. The van der Waals surface area contributed by atoms with Crippen molar-refractivity contribution in [3.05, 3.63) is 11.6 Å². The summed E-state index contributed by atoms with van der Waals surface area (Å²) in [5, 5.41) is 20.0. The Bertz CT molecular complexity index is 648. The van der Waals surface area contributed by atoms with Crippen molar-refractivity contribution in [2.45, 2.75) is 37.9 Å². The number of ether oxygens (including phenoxy) is 1. The predicted molar refractivity (Wildman–Crippen MR) is 71.0 cm³/mol. The summed E-state index contributed by atoms with van der Waals surface area (Å²) in [5.74, 6) is 0.152. The highest BCUT2D eigenvalue weighted by Gasteiger charge is 2.43. The number of aromatic nitrogens is 4. The van der Waals surface area contributed by atoms with Crippen molar-refractivity contribution in [2.24, 2.45) is 0 Å². The van der Waals surface area contributed by atoms with Gasteiger partial charge in [-0.05, 0) is 18.0 Å². The largest absolute Gasteiger partial charge is 0.388 e. The quantitative estimate of drug-likeness (QED) is 0.672. The van der Waals surface area contributed by atoms with Gasteiger partial charge in [-0.2, -0.15) is 9.97 Å². The molecule has 3 rings (SSSR count). The van der Waals surface area contributed by atoms with Crippen molar-refractivity contribution >= 4 is 28.6 Å². The third-order valence-corrected chi connectivity index (χ3v) is 3.60. The first-order valence-electron chi connectivity index (χ1n) is 6.20. The molecule has 8 nitrogen and oxygen atoms in total. The van der Waals surface area contributed by atoms with Gasteiger partial charge in [-0.1, -0.05) is 6.92 Å². The molecule has 2 aromatic rings. The minimum absolute atomic E-state index is 0.0168. The maximum atomic E-state index is 10.1. The molecule has 3 heterocycles. The Kier molecular flexibility index (Phi) is 3.25. The minimum Gasteiger partial charge on any atom is -0.388 e. The molecular formula is C11H14ClN5O3. The number of nitrogens with two attached hydrogens (primary N) is 1. The summed E-state index contributed by atoms with van der Waals surface area (Å²) in [6.07, 6.45) is -1.25. The van der Waals surface area contributed by atoms with Crippen LogP contribution in [0.5, 0.6) is 0 Å². The smallest absolute Gasteiger partial charge is 0.226 e. The van der Waals surface area contributed by atoms with E-state index in [2.05, 4.69) is 15.0 Å². The fraction of sp³-hybridized carbons (Fsp3) is 0.545. The molecule has 20 heavy (non-hydrogen) atoms. The molecule has 0 bridgehead atoms. The Hall–Kier alpha value is -1.48. The molecule has 1 aliphatic heterocycles. The number of imidazole rings is 1. The van der Waals surface area contributed by atoms with Crippen LogP contribution < -0.4 is 5.73 Å². The highest BCUT2D eigenvalue weighted by Crippen LogP contribution is 2.33. The maximum absolute atomic E-state index is 10.1. The first-order chi connectivity index (χ1) is 9.52. The molecule has 4 N–H and O–H groups in total. The second kappa shape index (κ2) is 4.81. The summed E-state index contributed by atoms with van der Waals surface area (Å²) in [7, 11) is 0. The first-order valence-corrected chi connectivity index (χ1v) is 6.58. The normalized spacial score (nSPS) is 30.2. The van der Waals surface area contributed by atoms with E-state index in [-0.39, 0.29) is 11.1 Å². The van der Waals surface area contributed by atoms with Crippen LogP contribution in [0.15, 0.2) is 6.33 Å². The average molecular weight is 300 g/mol. The van der Waals surface area contributed by atoms with Gasteiger partial charge in [-0.15, -0.1) is 0 Å². The van der Waals surface area contributed by atoms with Crippen LogP contribution in [0.4, 0.5) is 5.82 Å². The van der Waals surface area contributed by atoms with Gasteiger partial charge in [0.15, 0.2) is 17.7 Å². The number of rotatable bonds is 2. The van der Waals surface area contributed by atoms with Gasteiger partial charge in [0.2, 0.25) is 5.28 Å². The monoisotopic (exact) mass is 299 g/mol. The minimum atomic E-state index is -1.08. The molecule has 0 amide bonds. The average Bonchev–Trinajstić information content (AvgIpc) is 2.93. The standard InChI is InChI=1S/C11H14ClN5O3/c1-2-4-6(18)7(19)10(20-4)17-3-14-5-8(13)15-11(12)16-9(5)17/h3-4,6-7,10,18-19H,2H2,1H3,(H2,13,15,16)/t4-,6-,7-,10-/m1/s1. The van der Waals surface area contributed by atoms with E-state index in [4.69, 9.17) is 22.1 Å². The zero-order valence-corrected chi connectivity index (χ0v) is 11.4. The number of fused-ring (bicyclic) bond motifs is 1. The number of aliphatic hydroxyl groups is 2. The summed E-state index contributed by atoms with van der Waals surface area (Å²) >= 11 is 5.78. The zero-order chi connectivity index (χ0) is 14.4. The lowest BCUT2D eigenvalue weighted by atomic mass is 10.1. The van der Waals surface area contributed by atoms with Crippen LogP contribution in [0, 0.1) is 0 Å². The van der Waals surface area contributed by atoms with Gasteiger partial charge in [0.25, 0.3) is 0 Å². The highest BCUT2D eigenvalue weighted by atomic mass is 35.5. The molecule has 1 saturated heterocycles. The lowest BCUT2D eigenvalue weighted by molar-refractivity contribution is -0.0355. The summed E-state index contributed by atoms with van der Waals surface area (Å²) in [6.45, 7) is 1.87. The van der Waals surface area contributed by atoms with Gasteiger partial charge >= 0.3 is 0 Å². The second-order valence-corrected chi connectivity index (χ2v) is 4.99. The van der Waals surface area contributed by atoms with Crippen LogP contribution in [0.1, 0.15) is 19.6 Å². The number of hydrogen-bond donors (Lipinski definition) is 3. The van der Waals surface area contributed by atoms with E-state index in [1.807, 2.05) is 6.92 Å². The summed E-state index contributed by atoms with van der Waals surface area (Å²) < 4.78 is 7.15. The molecule has 0 radical (unpaired) electrons. The molecule has 0 spiro atoms. The van der Waals surface area contributed by atoms with Crippen molar-refractivity contribution in [3.63, 3.8) is 0 Å². The van der Waals surface area contributed by atoms with E-state index in [1.54, 1.807) is 0 Å². The Labute approximate surface area is 119 Å². The van der Waals surface area contributed by atoms with Gasteiger partial charge in [0.1, 0.15) is 17.7 Å². The van der Waals surface area contributed by atoms with Gasteiger partial charge in [-0.25, -0.2) is 4.98 Å². The van der Waals surface area contributed by atoms with E-state index in [1.165, 1.54) is 10.9 Å². The zero-order valence-electron chi connectivity index (χ0n) is 10.6. The van der Waals surface area contributed by atoms with Crippen molar-refractivity contribution in [3.8, 4) is 0 Å². The Morgan fingerprint density at radius 2 is 2.15 bits per heavy atom. The van der Waals surface area contributed by atoms with Crippen LogP contribution in [0.2, 0.25) is 5.28 Å². The Morgan fingerprint density at radius 1 is 1.40 bits per heavy atom. The molecule has 0 unspecified atom stereocenters. The molecule has 9 heteroatoms. The molecular weight excluding hydrogens is 286 g/mol. The van der Waals surface area contributed by atoms with E-state index in [0.717, 1.165) is 0 Å². The van der Waals surface area contributed by atoms with Crippen molar-refractivity contribution < 1.29 is 14.9 Å². The molecule has 108 valence electrons. The molecule has 2 aromatic heterocycles. The molecule has 1 aliphatic rings. The van der Waals surface area contributed by atoms with Crippen molar-refractivity contribution in [2.75, 3.05) is 5.73 Å². The van der Waals surface area contributed by atoms with Crippen LogP contribution in [0.3, 0.4) is 0 Å². The number of anilines is 1. The van der Waals surface area contributed by atoms with E-state index in [9.17, 15) is 10.2 Å². The molecule has 4 atom stereocenters. The van der Waals surface area contributed by atoms with Crippen molar-refractivity contribution in [1.29, 1.82) is 0 Å². The highest BCUT2D eigenvalue weighted by molar-refractivity contribution is 6.28. The first kappa shape index (κ1) is 13.5. The Balaban J connectivity index is 2.07. The topological polar surface area (TPSA) is 119 Å². The van der Waals surface area contributed by atoms with E-state index in [0.29, 0.717) is 17.6 Å². The van der Waals surface area contributed by atoms with E-state index < -0.39 is 24.5 Å². The number of hydrogen-bond acceptors (Lipinski definition) is 7. The fourth-order valence-corrected chi connectivity index (χ4v) is 2.56. The van der Waals surface area contributed by atoms with Gasteiger partial charge < -0.3 is 20.7 Å². The number of halogens is 1. The summed E-state index contributed by atoms with van der Waals surface area (Å²) in [5.41, 5.74) is 6.45. The van der Waals surface area contributed by atoms with Crippen LogP contribution in [0.25, 0.3) is 11.2 Å². The predicted octanol–water partition coefficient (Wildman–Crippen LogP) is 0.0911. The molecule has 1 fully saturated rings. The van der Waals surface area contributed by atoms with Gasteiger partial charge in [0, 0.05) is 0 Å². The SMILES string of the molecule is CC[C@H]1O[C@@H](n2cnc3c(N)nc(Cl)nc32)[C@H](O)[C@@H]1O. The molecule has 0 aromatic carbocycles. The second-order valence-electron chi connectivity index (χ2n) is 4.66. The van der Waals surface area contributed by atoms with E-state index >= 15 is 0 Å². The van der Waals surface area contributed by atoms with Gasteiger partial charge in [-0.3, -0.25) is 4.57 Å².